The van der Waals surface area contributed by atoms with Crippen molar-refractivity contribution in [1.29, 1.82) is 5.26 Å². The van der Waals surface area contributed by atoms with Crippen LogP contribution < -0.4 is 16.1 Å². The molecule has 1 aromatic carbocycles. The maximum absolute atomic E-state index is 12.4. The molecule has 0 saturated carbocycles. The van der Waals surface area contributed by atoms with E-state index in [9.17, 15) is 20.1 Å². The van der Waals surface area contributed by atoms with Crippen molar-refractivity contribution in [2.45, 2.75) is 6.92 Å². The zero-order valence-electron chi connectivity index (χ0n) is 18.7. The SMILES string of the molecule is Cc1c(NC(=O)OCCN2CCOCC2)cn2ncc(C#N)c(Nc3ccc(B(O)O)cc3)c12. The minimum absolute atomic E-state index is 0.264. The lowest BCUT2D eigenvalue weighted by Gasteiger charge is -2.26. The third-order valence-corrected chi connectivity index (χ3v) is 5.64. The molecule has 1 amide bonds. The highest BCUT2D eigenvalue weighted by molar-refractivity contribution is 6.58. The van der Waals surface area contributed by atoms with E-state index in [0.717, 1.165) is 13.1 Å². The molecule has 1 saturated heterocycles. The lowest BCUT2D eigenvalue weighted by atomic mass is 9.80. The highest BCUT2D eigenvalue weighted by atomic mass is 16.5. The topological polar surface area (TPSA) is 144 Å². The van der Waals surface area contributed by atoms with Crippen molar-refractivity contribution < 1.29 is 24.3 Å². The van der Waals surface area contributed by atoms with Gasteiger partial charge in [-0.1, -0.05) is 12.1 Å². The lowest BCUT2D eigenvalue weighted by molar-refractivity contribution is 0.0290. The summed E-state index contributed by atoms with van der Waals surface area (Å²) in [7, 11) is -1.56. The van der Waals surface area contributed by atoms with Crippen LogP contribution in [0.5, 0.6) is 0 Å². The summed E-state index contributed by atoms with van der Waals surface area (Å²) in [5.74, 6) is 0. The first-order valence-corrected chi connectivity index (χ1v) is 10.8. The number of hydrogen-bond donors (Lipinski definition) is 4. The summed E-state index contributed by atoms with van der Waals surface area (Å²) in [6.07, 6.45) is 2.52. The maximum Gasteiger partial charge on any atom is 0.488 e. The van der Waals surface area contributed by atoms with E-state index in [1.54, 1.807) is 35.0 Å². The summed E-state index contributed by atoms with van der Waals surface area (Å²) >= 11 is 0. The second kappa shape index (κ2) is 10.5. The molecule has 0 bridgehead atoms. The van der Waals surface area contributed by atoms with Crippen LogP contribution in [-0.2, 0) is 9.47 Å². The van der Waals surface area contributed by atoms with Crippen molar-refractivity contribution in [2.24, 2.45) is 0 Å². The van der Waals surface area contributed by atoms with Crippen LogP contribution in [-0.4, -0.2) is 77.2 Å². The zero-order chi connectivity index (χ0) is 24.1. The number of ether oxygens (including phenoxy) is 2. The number of carbonyl (C=O) groups excluding carboxylic acids is 1. The number of aromatic nitrogens is 2. The number of amides is 1. The molecule has 0 unspecified atom stereocenters. The van der Waals surface area contributed by atoms with Gasteiger partial charge in [-0.25, -0.2) is 9.31 Å². The molecule has 34 heavy (non-hydrogen) atoms. The Bertz CT molecular complexity index is 1200. The summed E-state index contributed by atoms with van der Waals surface area (Å²) in [4.78, 5) is 14.5. The fourth-order valence-corrected chi connectivity index (χ4v) is 3.75. The highest BCUT2D eigenvalue weighted by Crippen LogP contribution is 2.32. The molecule has 12 heteroatoms. The first kappa shape index (κ1) is 23.5. The van der Waals surface area contributed by atoms with Gasteiger partial charge in [0.25, 0.3) is 0 Å². The summed E-state index contributed by atoms with van der Waals surface area (Å²) in [6.45, 7) is 5.73. The van der Waals surface area contributed by atoms with Gasteiger partial charge >= 0.3 is 13.2 Å². The fourth-order valence-electron chi connectivity index (χ4n) is 3.75. The highest BCUT2D eigenvalue weighted by Gasteiger charge is 2.18. The Morgan fingerprint density at radius 2 is 2.03 bits per heavy atom. The van der Waals surface area contributed by atoms with Crippen LogP contribution in [0, 0.1) is 18.3 Å². The van der Waals surface area contributed by atoms with E-state index >= 15 is 0 Å². The van der Waals surface area contributed by atoms with Crippen molar-refractivity contribution >= 4 is 41.3 Å². The quantitative estimate of drug-likeness (QED) is 0.374. The van der Waals surface area contributed by atoms with E-state index in [1.807, 2.05) is 6.92 Å². The number of rotatable bonds is 7. The van der Waals surface area contributed by atoms with Gasteiger partial charge in [-0.2, -0.15) is 10.4 Å². The second-order valence-electron chi connectivity index (χ2n) is 7.84. The Kier molecular flexibility index (Phi) is 7.29. The second-order valence-corrected chi connectivity index (χ2v) is 7.84. The number of anilines is 3. The monoisotopic (exact) mass is 464 g/mol. The van der Waals surface area contributed by atoms with E-state index in [0.29, 0.717) is 58.9 Å². The first-order chi connectivity index (χ1) is 16.5. The average Bonchev–Trinajstić information content (AvgIpc) is 3.15. The predicted octanol–water partition coefficient (Wildman–Crippen LogP) is 0.818. The molecule has 176 valence electrons. The molecule has 1 aliphatic heterocycles. The Hall–Kier alpha value is -3.63. The van der Waals surface area contributed by atoms with Crippen LogP contribution in [0.1, 0.15) is 11.1 Å². The Morgan fingerprint density at radius 1 is 1.29 bits per heavy atom. The minimum Gasteiger partial charge on any atom is -0.448 e. The number of fused-ring (bicyclic) bond motifs is 1. The van der Waals surface area contributed by atoms with Crippen LogP contribution >= 0.6 is 0 Å². The molecule has 2 aromatic heterocycles. The Morgan fingerprint density at radius 3 is 2.71 bits per heavy atom. The van der Waals surface area contributed by atoms with Crippen LogP contribution in [0.25, 0.3) is 5.52 Å². The van der Waals surface area contributed by atoms with Crippen molar-refractivity contribution in [3.8, 4) is 6.07 Å². The van der Waals surface area contributed by atoms with E-state index < -0.39 is 13.2 Å². The third kappa shape index (κ3) is 5.29. The van der Waals surface area contributed by atoms with Crippen molar-refractivity contribution in [2.75, 3.05) is 50.1 Å². The fraction of sp³-hybridized carbons (Fsp3) is 0.318. The first-order valence-electron chi connectivity index (χ1n) is 10.8. The van der Waals surface area contributed by atoms with Gasteiger partial charge in [-0.3, -0.25) is 10.2 Å². The third-order valence-electron chi connectivity index (χ3n) is 5.64. The van der Waals surface area contributed by atoms with Crippen molar-refractivity contribution in [3.63, 3.8) is 0 Å². The minimum atomic E-state index is -1.56. The van der Waals surface area contributed by atoms with Gasteiger partial charge in [0.1, 0.15) is 12.7 Å². The molecule has 4 rings (SSSR count). The number of benzene rings is 1. The molecule has 0 spiro atoms. The summed E-state index contributed by atoms with van der Waals surface area (Å²) in [5, 5.41) is 38.4. The molecule has 4 N–H and O–H groups in total. The number of aryl methyl sites for hydroxylation is 1. The van der Waals surface area contributed by atoms with Crippen molar-refractivity contribution in [3.05, 3.63) is 47.8 Å². The molecular formula is C22H25BN6O5. The summed E-state index contributed by atoms with van der Waals surface area (Å²) < 4.78 is 12.2. The lowest BCUT2D eigenvalue weighted by Crippen LogP contribution is -2.38. The average molecular weight is 464 g/mol. The number of carbonyl (C=O) groups is 1. The van der Waals surface area contributed by atoms with Gasteiger partial charge in [0.2, 0.25) is 0 Å². The van der Waals surface area contributed by atoms with Gasteiger partial charge in [0, 0.05) is 30.9 Å². The maximum atomic E-state index is 12.4. The Labute approximate surface area is 196 Å². The largest absolute Gasteiger partial charge is 0.488 e. The smallest absolute Gasteiger partial charge is 0.448 e. The van der Waals surface area contributed by atoms with E-state index in [1.165, 1.54) is 6.20 Å². The van der Waals surface area contributed by atoms with Gasteiger partial charge < -0.3 is 24.8 Å². The van der Waals surface area contributed by atoms with Gasteiger partial charge in [-0.05, 0) is 24.5 Å². The summed E-state index contributed by atoms with van der Waals surface area (Å²) in [5.41, 5.74) is 3.67. The van der Waals surface area contributed by atoms with Crippen LogP contribution in [0.4, 0.5) is 21.9 Å². The molecular weight excluding hydrogens is 439 g/mol. The molecule has 0 aliphatic carbocycles. The van der Waals surface area contributed by atoms with Crippen molar-refractivity contribution in [1.82, 2.24) is 14.5 Å². The number of hydrogen-bond acceptors (Lipinski definition) is 9. The predicted molar refractivity (Wildman–Crippen MR) is 126 cm³/mol. The van der Waals surface area contributed by atoms with E-state index in [-0.39, 0.29) is 6.61 Å². The zero-order valence-corrected chi connectivity index (χ0v) is 18.7. The van der Waals surface area contributed by atoms with Crippen LogP contribution in [0.3, 0.4) is 0 Å². The normalized spacial score (nSPS) is 13.9. The van der Waals surface area contributed by atoms with Gasteiger partial charge in [0.15, 0.2) is 0 Å². The summed E-state index contributed by atoms with van der Waals surface area (Å²) in [6, 6.07) is 8.63. The van der Waals surface area contributed by atoms with E-state index in [4.69, 9.17) is 9.47 Å². The van der Waals surface area contributed by atoms with Gasteiger partial charge in [-0.15, -0.1) is 0 Å². The molecule has 1 fully saturated rings. The molecule has 0 atom stereocenters. The molecule has 3 heterocycles. The number of nitrogens with zero attached hydrogens (tertiary/aromatic N) is 4. The number of nitriles is 1. The number of morpholine rings is 1. The standard InChI is InChI=1S/C22H25BN6O5/c1-15-19(27-22(30)34-11-8-28-6-9-33-10-7-28)14-29-21(15)20(16(12-24)13-25-29)26-18-4-2-17(3-5-18)23(31)32/h2-5,13-14,26,31-32H,6-11H2,1H3,(H,27,30). The molecule has 3 aromatic rings. The molecule has 0 radical (unpaired) electrons. The van der Waals surface area contributed by atoms with Crippen LogP contribution in [0.2, 0.25) is 0 Å². The molecule has 11 nitrogen and oxygen atoms in total. The molecule has 1 aliphatic rings. The van der Waals surface area contributed by atoms with Gasteiger partial charge in [0.05, 0.1) is 48.1 Å². The Balaban J connectivity index is 1.50. The van der Waals surface area contributed by atoms with E-state index in [2.05, 4.69) is 26.7 Å². The number of nitrogens with one attached hydrogen (secondary N) is 2. The van der Waals surface area contributed by atoms with Crippen LogP contribution in [0.15, 0.2) is 36.7 Å².